The zero-order valence-corrected chi connectivity index (χ0v) is 14.5. The molecule has 1 amide bonds. The van der Waals surface area contributed by atoms with Crippen LogP contribution < -0.4 is 5.32 Å². The molecule has 8 heteroatoms. The Morgan fingerprint density at radius 1 is 1.22 bits per heavy atom. The second-order valence-corrected chi connectivity index (χ2v) is 9.66. The van der Waals surface area contributed by atoms with E-state index in [0.717, 1.165) is 6.42 Å². The summed E-state index contributed by atoms with van der Waals surface area (Å²) >= 11 is 0. The van der Waals surface area contributed by atoms with Gasteiger partial charge in [0.15, 0.2) is 0 Å². The predicted octanol–water partition coefficient (Wildman–Crippen LogP) is 0.282. The molecule has 0 aromatic rings. The van der Waals surface area contributed by atoms with Crippen molar-refractivity contribution >= 4 is 20.4 Å². The molecule has 1 saturated carbocycles. The molecular formula is C15H25NO6Si. The number of carboxylic acid groups (broad SMARTS) is 1. The van der Waals surface area contributed by atoms with E-state index in [1.54, 1.807) is 0 Å². The standard InChI is InChI=1S/C15H25NO6Si/c1-21-23(9-17,22-2)7-3-6-16-14(18)12-10-4-5-11(8-10)13(12)15(19)20/h4-5,10-13,17H,3,6-9H2,1-2H3,(H,16,18)(H,19,20). The van der Waals surface area contributed by atoms with E-state index < -0.39 is 26.4 Å². The van der Waals surface area contributed by atoms with Crippen LogP contribution >= 0.6 is 0 Å². The smallest absolute Gasteiger partial charge is 0.364 e. The molecule has 0 aromatic carbocycles. The Hall–Kier alpha value is -1.22. The lowest BCUT2D eigenvalue weighted by atomic mass is 9.82. The number of aliphatic carboxylic acids is 1. The van der Waals surface area contributed by atoms with Crippen LogP contribution in [0.25, 0.3) is 0 Å². The van der Waals surface area contributed by atoms with Gasteiger partial charge < -0.3 is 24.4 Å². The molecule has 2 bridgehead atoms. The molecule has 0 aliphatic heterocycles. The molecule has 7 nitrogen and oxygen atoms in total. The van der Waals surface area contributed by atoms with Crippen LogP contribution in [0.5, 0.6) is 0 Å². The highest BCUT2D eigenvalue weighted by Gasteiger charge is 2.51. The summed E-state index contributed by atoms with van der Waals surface area (Å²) in [4.78, 5) is 23.8. The van der Waals surface area contributed by atoms with E-state index in [0.29, 0.717) is 19.0 Å². The molecule has 0 aromatic heterocycles. The highest BCUT2D eigenvalue weighted by atomic mass is 28.4. The lowest BCUT2D eigenvalue weighted by Crippen LogP contribution is -2.45. The quantitative estimate of drug-likeness (QED) is 0.316. The maximum atomic E-state index is 12.4. The van der Waals surface area contributed by atoms with E-state index in [2.05, 4.69) is 5.32 Å². The number of nitrogens with one attached hydrogen (secondary N) is 1. The van der Waals surface area contributed by atoms with Gasteiger partial charge in [-0.3, -0.25) is 9.59 Å². The molecule has 1 fully saturated rings. The second-order valence-electron chi connectivity index (χ2n) is 6.21. The summed E-state index contributed by atoms with van der Waals surface area (Å²) in [7, 11) is 0.468. The number of fused-ring (bicyclic) bond motifs is 2. The van der Waals surface area contributed by atoms with Gasteiger partial charge in [0.1, 0.15) is 0 Å². The van der Waals surface area contributed by atoms with Crippen molar-refractivity contribution in [1.82, 2.24) is 5.32 Å². The number of aliphatic hydroxyl groups is 1. The fraction of sp³-hybridized carbons (Fsp3) is 0.733. The van der Waals surface area contributed by atoms with Crippen molar-refractivity contribution in [1.29, 1.82) is 0 Å². The Balaban J connectivity index is 1.83. The summed E-state index contributed by atoms with van der Waals surface area (Å²) in [6.45, 7) is 0.421. The number of allylic oxidation sites excluding steroid dienone is 2. The first-order valence-electron chi connectivity index (χ1n) is 7.88. The number of amides is 1. The highest BCUT2D eigenvalue weighted by Crippen LogP contribution is 2.48. The lowest BCUT2D eigenvalue weighted by Gasteiger charge is -2.26. The number of rotatable bonds is 9. The molecule has 130 valence electrons. The van der Waals surface area contributed by atoms with Crippen LogP contribution in [0, 0.1) is 23.7 Å². The summed E-state index contributed by atoms with van der Waals surface area (Å²) in [5.74, 6) is -2.18. The van der Waals surface area contributed by atoms with Crippen molar-refractivity contribution in [3.63, 3.8) is 0 Å². The van der Waals surface area contributed by atoms with Crippen LogP contribution in [0.4, 0.5) is 0 Å². The molecule has 0 saturated heterocycles. The third-order valence-electron chi connectivity index (χ3n) is 5.07. The van der Waals surface area contributed by atoms with Crippen LogP contribution in [0.1, 0.15) is 12.8 Å². The van der Waals surface area contributed by atoms with Crippen molar-refractivity contribution in [2.75, 3.05) is 27.0 Å². The maximum absolute atomic E-state index is 12.4. The molecule has 2 aliphatic carbocycles. The number of carbonyl (C=O) groups is 2. The Labute approximate surface area is 136 Å². The van der Waals surface area contributed by atoms with Crippen LogP contribution in [0.2, 0.25) is 6.04 Å². The van der Waals surface area contributed by atoms with Gasteiger partial charge in [-0.15, -0.1) is 0 Å². The number of aliphatic hydroxyl groups excluding tert-OH is 1. The lowest BCUT2D eigenvalue weighted by molar-refractivity contribution is -0.147. The van der Waals surface area contributed by atoms with Crippen LogP contribution in [0.15, 0.2) is 12.2 Å². The van der Waals surface area contributed by atoms with Gasteiger partial charge in [-0.05, 0) is 30.7 Å². The molecule has 0 radical (unpaired) electrons. The van der Waals surface area contributed by atoms with E-state index in [4.69, 9.17) is 8.85 Å². The normalized spacial score (nSPS) is 29.0. The minimum absolute atomic E-state index is 0.0234. The monoisotopic (exact) mass is 343 g/mol. The minimum atomic E-state index is -2.57. The first kappa shape index (κ1) is 18.1. The first-order chi connectivity index (χ1) is 11.0. The maximum Gasteiger partial charge on any atom is 0.364 e. The fourth-order valence-electron chi connectivity index (χ4n) is 3.70. The van der Waals surface area contributed by atoms with E-state index in [-0.39, 0.29) is 24.0 Å². The average molecular weight is 343 g/mol. The van der Waals surface area contributed by atoms with Gasteiger partial charge in [-0.1, -0.05) is 12.2 Å². The van der Waals surface area contributed by atoms with E-state index in [1.807, 2.05) is 12.2 Å². The highest BCUT2D eigenvalue weighted by molar-refractivity contribution is 6.67. The van der Waals surface area contributed by atoms with Gasteiger partial charge >= 0.3 is 14.5 Å². The Morgan fingerprint density at radius 3 is 2.35 bits per heavy atom. The predicted molar refractivity (Wildman–Crippen MR) is 84.6 cm³/mol. The first-order valence-corrected chi connectivity index (χ1v) is 10.1. The van der Waals surface area contributed by atoms with Gasteiger partial charge in [-0.25, -0.2) is 0 Å². The molecular weight excluding hydrogens is 318 g/mol. The second kappa shape index (κ2) is 7.56. The van der Waals surface area contributed by atoms with E-state index in [9.17, 15) is 19.8 Å². The molecule has 23 heavy (non-hydrogen) atoms. The Bertz CT molecular complexity index is 470. The fourth-order valence-corrected chi connectivity index (χ4v) is 5.41. The number of carboxylic acids is 1. The number of hydrogen-bond acceptors (Lipinski definition) is 5. The van der Waals surface area contributed by atoms with Crippen molar-refractivity contribution in [3.05, 3.63) is 12.2 Å². The third kappa shape index (κ3) is 3.65. The Kier molecular flexibility index (Phi) is 5.96. The zero-order valence-electron chi connectivity index (χ0n) is 13.5. The van der Waals surface area contributed by atoms with Crippen molar-refractivity contribution in [2.24, 2.45) is 23.7 Å². The SMILES string of the molecule is CO[Si](CO)(CCCNC(=O)C1C2C=CC(C2)C1C(=O)O)OC. The summed E-state index contributed by atoms with van der Waals surface area (Å²) in [6.07, 6.45) is 5.13. The number of hydrogen-bond donors (Lipinski definition) is 3. The van der Waals surface area contributed by atoms with Crippen molar-refractivity contribution in [2.45, 2.75) is 18.9 Å². The van der Waals surface area contributed by atoms with E-state index in [1.165, 1.54) is 14.2 Å². The molecule has 4 atom stereocenters. The Morgan fingerprint density at radius 2 is 1.83 bits per heavy atom. The molecule has 2 aliphatic rings. The van der Waals surface area contributed by atoms with Gasteiger partial charge in [0.2, 0.25) is 5.91 Å². The third-order valence-corrected chi connectivity index (χ3v) is 8.15. The molecule has 2 rings (SSSR count). The topological polar surface area (TPSA) is 105 Å². The van der Waals surface area contributed by atoms with Gasteiger partial charge in [0.25, 0.3) is 0 Å². The minimum Gasteiger partial charge on any atom is -0.481 e. The zero-order chi connectivity index (χ0) is 17.0. The van der Waals surface area contributed by atoms with Crippen LogP contribution in [-0.2, 0) is 18.4 Å². The molecule has 0 spiro atoms. The van der Waals surface area contributed by atoms with E-state index >= 15 is 0 Å². The number of carbonyl (C=O) groups excluding carboxylic acids is 1. The molecule has 4 unspecified atom stereocenters. The van der Waals surface area contributed by atoms with Gasteiger partial charge in [-0.2, -0.15) is 0 Å². The molecule has 3 N–H and O–H groups in total. The van der Waals surface area contributed by atoms with Crippen molar-refractivity contribution < 1.29 is 28.7 Å². The van der Waals surface area contributed by atoms with Crippen molar-refractivity contribution in [3.8, 4) is 0 Å². The molecule has 0 heterocycles. The summed E-state index contributed by atoms with van der Waals surface area (Å²) in [5.41, 5.74) is 0. The van der Waals surface area contributed by atoms with Gasteiger partial charge in [0, 0.05) is 20.8 Å². The summed E-state index contributed by atoms with van der Waals surface area (Å²) < 4.78 is 10.6. The summed E-state index contributed by atoms with van der Waals surface area (Å²) in [6, 6.07) is 0.565. The average Bonchev–Trinajstić information content (AvgIpc) is 3.16. The van der Waals surface area contributed by atoms with Gasteiger partial charge in [0.05, 0.1) is 18.1 Å². The largest absolute Gasteiger partial charge is 0.481 e. The summed E-state index contributed by atoms with van der Waals surface area (Å²) in [5, 5.41) is 21.6. The van der Waals surface area contributed by atoms with Crippen LogP contribution in [-0.4, -0.2) is 57.6 Å². The van der Waals surface area contributed by atoms with Crippen LogP contribution in [0.3, 0.4) is 0 Å².